The molecule has 1 aliphatic rings. The van der Waals surface area contributed by atoms with Crippen LogP contribution in [-0.2, 0) is 16.2 Å². The molecule has 0 radical (unpaired) electrons. The lowest BCUT2D eigenvalue weighted by molar-refractivity contribution is -0.132. The number of likely N-dealkylation sites (N-methyl/N-ethyl adjacent to an activating group) is 2. The van der Waals surface area contributed by atoms with E-state index in [-0.39, 0.29) is 17.3 Å². The zero-order valence-electron chi connectivity index (χ0n) is 17.3. The van der Waals surface area contributed by atoms with Gasteiger partial charge < -0.3 is 4.74 Å². The molecule has 1 saturated heterocycles. The topological polar surface area (TPSA) is 49.9 Å². The highest BCUT2D eigenvalue weighted by Gasteiger charge is 2.35. The molecule has 1 fully saturated rings. The summed E-state index contributed by atoms with van der Waals surface area (Å²) in [6, 6.07) is 16.6. The van der Waals surface area contributed by atoms with Gasteiger partial charge in [-0.05, 0) is 47.3 Å². The molecule has 0 atom stereocenters. The van der Waals surface area contributed by atoms with E-state index in [9.17, 15) is 9.59 Å². The average Bonchev–Trinajstić information content (AvgIpc) is 2.79. The molecule has 4 rings (SSSR count). The summed E-state index contributed by atoms with van der Waals surface area (Å²) in [5.74, 6) is -0.406. The van der Waals surface area contributed by atoms with Crippen molar-refractivity contribution in [3.63, 3.8) is 0 Å². The first-order chi connectivity index (χ1) is 15.3. The fourth-order valence-electron chi connectivity index (χ4n) is 3.46. The first-order valence-corrected chi connectivity index (χ1v) is 10.8. The minimum Gasteiger partial charge on any atom is -0.488 e. The van der Waals surface area contributed by atoms with Crippen molar-refractivity contribution in [2.24, 2.45) is 0 Å². The Hall–Kier alpha value is -2.93. The molecule has 0 bridgehead atoms. The van der Waals surface area contributed by atoms with Crippen LogP contribution in [0.1, 0.15) is 11.1 Å². The van der Waals surface area contributed by atoms with Crippen molar-refractivity contribution in [3.8, 4) is 5.75 Å². The van der Waals surface area contributed by atoms with Crippen molar-refractivity contribution in [2.45, 2.75) is 6.61 Å². The highest BCUT2D eigenvalue weighted by Crippen LogP contribution is 2.33. The molecule has 1 aliphatic heterocycles. The molecule has 0 N–H and O–H groups in total. The number of hydrogen-bond acceptors (Lipinski definition) is 4. The van der Waals surface area contributed by atoms with Crippen LogP contribution >= 0.6 is 35.4 Å². The van der Waals surface area contributed by atoms with E-state index in [0.29, 0.717) is 21.4 Å². The maximum Gasteiger partial charge on any atom is 0.265 e. The normalized spacial score (nSPS) is 14.4. The lowest BCUT2D eigenvalue weighted by Gasteiger charge is -2.31. The monoisotopic (exact) mass is 484 g/mol. The number of amides is 2. The molecule has 8 heteroatoms. The number of hydrogen-bond donors (Lipinski definition) is 0. The van der Waals surface area contributed by atoms with Gasteiger partial charge in [-0.3, -0.25) is 19.4 Å². The van der Waals surface area contributed by atoms with Crippen LogP contribution < -0.4 is 4.74 Å². The number of carbonyl (C=O) groups excluding carboxylic acids is 2. The number of rotatable bonds is 4. The number of fused-ring (bicyclic) bond motifs is 1. The van der Waals surface area contributed by atoms with Crippen molar-refractivity contribution >= 4 is 69.2 Å². The van der Waals surface area contributed by atoms with E-state index < -0.39 is 11.8 Å². The van der Waals surface area contributed by atoms with Crippen LogP contribution in [0.3, 0.4) is 0 Å². The molecule has 0 spiro atoms. The van der Waals surface area contributed by atoms with Crippen molar-refractivity contribution in [1.82, 2.24) is 9.80 Å². The quantitative estimate of drug-likeness (QED) is 0.285. The minimum absolute atomic E-state index is 0.00864. The highest BCUT2D eigenvalue weighted by atomic mass is 35.5. The Bertz CT molecular complexity index is 1280. The van der Waals surface area contributed by atoms with E-state index in [4.69, 9.17) is 40.2 Å². The molecule has 32 heavy (non-hydrogen) atoms. The molecule has 3 aromatic carbocycles. The molecule has 0 unspecified atom stereocenters. The highest BCUT2D eigenvalue weighted by molar-refractivity contribution is 7.80. The van der Waals surface area contributed by atoms with Gasteiger partial charge in [-0.25, -0.2) is 0 Å². The SMILES string of the molecule is CN1C(=O)C(=Cc2c(OCc3ccc(Cl)cc3Cl)ccc3ccccc23)C(=O)N(C)C1=S. The van der Waals surface area contributed by atoms with E-state index in [1.807, 2.05) is 36.4 Å². The van der Waals surface area contributed by atoms with E-state index in [1.54, 1.807) is 38.4 Å². The second-order valence-electron chi connectivity index (χ2n) is 7.29. The molecule has 0 saturated carbocycles. The first-order valence-electron chi connectivity index (χ1n) is 9.68. The van der Waals surface area contributed by atoms with Gasteiger partial charge in [0.2, 0.25) is 0 Å². The van der Waals surface area contributed by atoms with Gasteiger partial charge in [0.05, 0.1) is 0 Å². The fourth-order valence-corrected chi connectivity index (χ4v) is 4.09. The van der Waals surface area contributed by atoms with Crippen LogP contribution in [-0.4, -0.2) is 40.8 Å². The predicted octanol–water partition coefficient (Wildman–Crippen LogP) is 5.32. The Morgan fingerprint density at radius 3 is 2.34 bits per heavy atom. The Morgan fingerprint density at radius 1 is 0.969 bits per heavy atom. The van der Waals surface area contributed by atoms with Crippen LogP contribution in [0.2, 0.25) is 10.0 Å². The molecule has 162 valence electrons. The van der Waals surface area contributed by atoms with E-state index in [1.165, 1.54) is 9.80 Å². The molecular weight excluding hydrogens is 467 g/mol. The molecular formula is C24H18Cl2N2O3S. The third-order valence-corrected chi connectivity index (χ3v) is 6.40. The summed E-state index contributed by atoms with van der Waals surface area (Å²) in [4.78, 5) is 28.3. The molecule has 2 amide bonds. The minimum atomic E-state index is -0.460. The van der Waals surface area contributed by atoms with Gasteiger partial charge in [-0.2, -0.15) is 0 Å². The largest absolute Gasteiger partial charge is 0.488 e. The van der Waals surface area contributed by atoms with Crippen molar-refractivity contribution in [1.29, 1.82) is 0 Å². The van der Waals surface area contributed by atoms with Crippen molar-refractivity contribution in [3.05, 3.63) is 81.3 Å². The lowest BCUT2D eigenvalue weighted by Crippen LogP contribution is -2.52. The van der Waals surface area contributed by atoms with E-state index >= 15 is 0 Å². The maximum atomic E-state index is 12.9. The van der Waals surface area contributed by atoms with Gasteiger partial charge in [-0.1, -0.05) is 59.6 Å². The first kappa shape index (κ1) is 22.3. The molecule has 5 nitrogen and oxygen atoms in total. The summed E-state index contributed by atoms with van der Waals surface area (Å²) in [6.45, 7) is 0.191. The molecule has 0 aliphatic carbocycles. The fraction of sp³-hybridized carbons (Fsp3) is 0.125. The van der Waals surface area contributed by atoms with Crippen LogP contribution in [0.5, 0.6) is 5.75 Å². The number of carbonyl (C=O) groups is 2. The lowest BCUT2D eigenvalue weighted by atomic mass is 9.99. The Labute approximate surface area is 200 Å². The van der Waals surface area contributed by atoms with E-state index in [0.717, 1.165) is 16.3 Å². The number of ether oxygens (including phenoxy) is 1. The summed E-state index contributed by atoms with van der Waals surface area (Å²) in [6.07, 6.45) is 1.57. The maximum absolute atomic E-state index is 12.9. The molecule has 1 heterocycles. The Kier molecular flexibility index (Phi) is 6.20. The van der Waals surface area contributed by atoms with Gasteiger partial charge in [0, 0.05) is 35.3 Å². The van der Waals surface area contributed by atoms with Crippen molar-refractivity contribution in [2.75, 3.05) is 14.1 Å². The van der Waals surface area contributed by atoms with Gasteiger partial charge in [0.15, 0.2) is 5.11 Å². The smallest absolute Gasteiger partial charge is 0.265 e. The van der Waals surface area contributed by atoms with E-state index in [2.05, 4.69) is 0 Å². The Morgan fingerprint density at radius 2 is 1.66 bits per heavy atom. The number of nitrogens with zero attached hydrogens (tertiary/aromatic N) is 2. The van der Waals surface area contributed by atoms with Crippen LogP contribution in [0.15, 0.2) is 60.2 Å². The second-order valence-corrected chi connectivity index (χ2v) is 8.50. The average molecular weight is 485 g/mol. The summed E-state index contributed by atoms with van der Waals surface area (Å²) in [5.41, 5.74) is 1.39. The molecule has 0 aromatic heterocycles. The number of benzene rings is 3. The van der Waals surface area contributed by atoms with Gasteiger partial charge in [-0.15, -0.1) is 0 Å². The predicted molar refractivity (Wildman–Crippen MR) is 131 cm³/mol. The summed E-state index contributed by atoms with van der Waals surface area (Å²) in [5, 5.41) is 2.98. The van der Waals surface area contributed by atoms with Gasteiger partial charge >= 0.3 is 0 Å². The molecule has 3 aromatic rings. The summed E-state index contributed by atoms with van der Waals surface area (Å²) in [7, 11) is 3.09. The summed E-state index contributed by atoms with van der Waals surface area (Å²) >= 11 is 17.4. The third kappa shape index (κ3) is 4.09. The van der Waals surface area contributed by atoms with Crippen LogP contribution in [0.4, 0.5) is 0 Å². The Balaban J connectivity index is 1.80. The van der Waals surface area contributed by atoms with Crippen molar-refractivity contribution < 1.29 is 14.3 Å². The van der Waals surface area contributed by atoms with Crippen LogP contribution in [0.25, 0.3) is 16.8 Å². The van der Waals surface area contributed by atoms with Gasteiger partial charge in [0.25, 0.3) is 11.8 Å². The standard InChI is InChI=1S/C24H18Cl2N2O3S/c1-27-22(29)19(23(30)28(2)24(27)32)12-18-17-6-4-3-5-14(17)8-10-21(18)31-13-15-7-9-16(25)11-20(15)26/h3-12H,13H2,1-2H3. The van der Waals surface area contributed by atoms with Gasteiger partial charge in [0.1, 0.15) is 17.9 Å². The zero-order valence-corrected chi connectivity index (χ0v) is 19.6. The van der Waals surface area contributed by atoms with Crippen LogP contribution in [0, 0.1) is 0 Å². The zero-order chi connectivity index (χ0) is 23.0. The number of thiocarbonyl (C=S) groups is 1. The number of halogens is 2. The third-order valence-electron chi connectivity index (χ3n) is 5.26. The second kappa shape index (κ2) is 8.90. The summed E-state index contributed by atoms with van der Waals surface area (Å²) < 4.78 is 6.09.